The number of amides is 1. The van der Waals surface area contributed by atoms with Crippen LogP contribution in [0.4, 0.5) is 5.13 Å². The number of anilines is 1. The van der Waals surface area contributed by atoms with E-state index in [4.69, 9.17) is 25.8 Å². The molecule has 3 aromatic heterocycles. The number of methoxy groups -OCH3 is 3. The van der Waals surface area contributed by atoms with Gasteiger partial charge < -0.3 is 14.2 Å². The van der Waals surface area contributed by atoms with E-state index in [1.807, 2.05) is 0 Å². The zero-order chi connectivity index (χ0) is 22.7. The van der Waals surface area contributed by atoms with Crippen LogP contribution in [0.2, 0.25) is 5.15 Å². The van der Waals surface area contributed by atoms with Crippen molar-refractivity contribution in [3.63, 3.8) is 0 Å². The summed E-state index contributed by atoms with van der Waals surface area (Å²) < 4.78 is 16.1. The van der Waals surface area contributed by atoms with E-state index in [2.05, 4.69) is 30.4 Å². The van der Waals surface area contributed by atoms with Gasteiger partial charge in [0.1, 0.15) is 10.9 Å². The monoisotopic (exact) mass is 476 g/mol. The number of aromatic nitrogens is 4. The number of ether oxygens (including phenoxy) is 3. The fraction of sp³-hybridized carbons (Fsp3) is 0.350. The highest BCUT2D eigenvalue weighted by Crippen LogP contribution is 2.37. The van der Waals surface area contributed by atoms with Crippen LogP contribution in [0.1, 0.15) is 16.1 Å². The van der Waals surface area contributed by atoms with Gasteiger partial charge in [0.25, 0.3) is 11.1 Å². The third-order valence-electron chi connectivity index (χ3n) is 5.00. The van der Waals surface area contributed by atoms with Crippen molar-refractivity contribution < 1.29 is 19.0 Å². The number of hydrogen-bond acceptors (Lipinski definition) is 10. The number of nitrogens with zero attached hydrogens (tertiary/aromatic N) is 5. The van der Waals surface area contributed by atoms with Gasteiger partial charge >= 0.3 is 0 Å². The Morgan fingerprint density at radius 2 is 2.06 bits per heavy atom. The molecule has 0 saturated carbocycles. The van der Waals surface area contributed by atoms with Crippen molar-refractivity contribution >= 4 is 34.0 Å². The first kappa shape index (κ1) is 22.3. The van der Waals surface area contributed by atoms with E-state index < -0.39 is 5.91 Å². The number of nitrogens with one attached hydrogen (secondary N) is 1. The van der Waals surface area contributed by atoms with Gasteiger partial charge in [0.2, 0.25) is 5.13 Å². The summed E-state index contributed by atoms with van der Waals surface area (Å²) >= 11 is 7.25. The van der Waals surface area contributed by atoms with E-state index in [1.54, 1.807) is 32.5 Å². The van der Waals surface area contributed by atoms with Gasteiger partial charge in [0.05, 0.1) is 31.6 Å². The predicted octanol–water partition coefficient (Wildman–Crippen LogP) is 2.75. The Kier molecular flexibility index (Phi) is 6.80. The first-order chi connectivity index (χ1) is 15.5. The Morgan fingerprint density at radius 1 is 1.25 bits per heavy atom. The van der Waals surface area contributed by atoms with E-state index in [1.165, 1.54) is 13.3 Å². The normalized spacial score (nSPS) is 14.1. The minimum absolute atomic E-state index is 0.216. The number of carbonyl (C=O) groups excluding carboxylic acids is 1. The Hall–Kier alpha value is -2.86. The summed E-state index contributed by atoms with van der Waals surface area (Å²) in [6.07, 6.45) is 3.32. The number of likely N-dealkylation sites (tertiary alicyclic amines) is 1. The predicted molar refractivity (Wildman–Crippen MR) is 120 cm³/mol. The molecule has 0 aliphatic carbocycles. The van der Waals surface area contributed by atoms with Gasteiger partial charge in [0.15, 0.2) is 0 Å². The van der Waals surface area contributed by atoms with Crippen LogP contribution in [0, 0.1) is 0 Å². The lowest BCUT2D eigenvalue weighted by molar-refractivity contribution is -0.0341. The lowest BCUT2D eigenvalue weighted by Crippen LogP contribution is -2.51. The molecule has 1 fully saturated rings. The number of pyridine rings is 2. The van der Waals surface area contributed by atoms with E-state index >= 15 is 0 Å². The minimum Gasteiger partial charge on any atom is -0.494 e. The molecule has 1 aliphatic rings. The average molecular weight is 477 g/mol. The summed E-state index contributed by atoms with van der Waals surface area (Å²) in [6.45, 7) is 2.17. The Balaban J connectivity index is 1.72. The molecular formula is C20H21ClN6O4S. The van der Waals surface area contributed by atoms with Crippen molar-refractivity contribution in [1.29, 1.82) is 0 Å². The maximum absolute atomic E-state index is 13.2. The molecule has 3 aromatic rings. The second-order valence-electron chi connectivity index (χ2n) is 6.98. The van der Waals surface area contributed by atoms with Gasteiger partial charge in [-0.05, 0) is 29.0 Å². The summed E-state index contributed by atoms with van der Waals surface area (Å²) in [5.41, 5.74) is 2.27. The first-order valence-corrected chi connectivity index (χ1v) is 10.8. The molecule has 168 valence electrons. The number of hydrogen-bond donors (Lipinski definition) is 1. The zero-order valence-corrected chi connectivity index (χ0v) is 19.2. The quantitative estimate of drug-likeness (QED) is 0.490. The van der Waals surface area contributed by atoms with Crippen molar-refractivity contribution in [1.82, 2.24) is 25.1 Å². The van der Waals surface area contributed by atoms with Gasteiger partial charge in [-0.3, -0.25) is 20.0 Å². The minimum atomic E-state index is -0.410. The van der Waals surface area contributed by atoms with Crippen LogP contribution >= 0.6 is 22.9 Å². The molecule has 1 amide bonds. The Labute approximate surface area is 193 Å². The molecule has 0 unspecified atom stereocenters. The van der Waals surface area contributed by atoms with Gasteiger partial charge in [-0.25, -0.2) is 4.98 Å². The summed E-state index contributed by atoms with van der Waals surface area (Å²) in [4.78, 5) is 23.9. The topological polar surface area (TPSA) is 112 Å². The summed E-state index contributed by atoms with van der Waals surface area (Å²) in [5.74, 6) is 0.0862. The lowest BCUT2D eigenvalue weighted by Gasteiger charge is -2.38. The number of carbonyl (C=O) groups is 1. The summed E-state index contributed by atoms with van der Waals surface area (Å²) in [7, 11) is 4.74. The van der Waals surface area contributed by atoms with Crippen LogP contribution in [0.3, 0.4) is 0 Å². The van der Waals surface area contributed by atoms with Crippen LogP contribution in [-0.4, -0.2) is 71.5 Å². The molecule has 1 N–H and O–H groups in total. The Bertz CT molecular complexity index is 1120. The SMILES string of the molecule is COc1nnc(NC(=O)c2cnc(CN3CC(OC)C3)c(OC)c2-c2ccnc(Cl)c2)s1. The van der Waals surface area contributed by atoms with Gasteiger partial charge in [-0.1, -0.05) is 16.7 Å². The molecule has 1 aliphatic heterocycles. The molecule has 12 heteroatoms. The third-order valence-corrected chi connectivity index (χ3v) is 6.01. The maximum atomic E-state index is 13.2. The van der Waals surface area contributed by atoms with Crippen molar-refractivity contribution in [3.05, 3.63) is 40.9 Å². The van der Waals surface area contributed by atoms with Crippen LogP contribution in [-0.2, 0) is 11.3 Å². The van der Waals surface area contributed by atoms with Crippen LogP contribution in [0.15, 0.2) is 24.5 Å². The van der Waals surface area contributed by atoms with Crippen molar-refractivity contribution in [2.75, 3.05) is 39.7 Å². The molecule has 0 atom stereocenters. The van der Waals surface area contributed by atoms with Crippen LogP contribution < -0.4 is 14.8 Å². The smallest absolute Gasteiger partial charge is 0.295 e. The zero-order valence-electron chi connectivity index (χ0n) is 17.7. The Morgan fingerprint density at radius 3 is 2.72 bits per heavy atom. The molecule has 0 spiro atoms. The molecule has 0 aromatic carbocycles. The second-order valence-corrected chi connectivity index (χ2v) is 8.30. The average Bonchev–Trinajstić information content (AvgIpc) is 3.22. The van der Waals surface area contributed by atoms with E-state index in [-0.39, 0.29) is 6.10 Å². The fourth-order valence-corrected chi connectivity index (χ4v) is 4.13. The summed E-state index contributed by atoms with van der Waals surface area (Å²) in [6, 6.07) is 3.45. The number of halogens is 1. The van der Waals surface area contributed by atoms with Crippen LogP contribution in [0.25, 0.3) is 11.1 Å². The third kappa shape index (κ3) is 4.65. The molecular weight excluding hydrogens is 456 g/mol. The van der Waals surface area contributed by atoms with Gasteiger partial charge in [-0.2, -0.15) is 0 Å². The first-order valence-electron chi connectivity index (χ1n) is 9.64. The molecule has 4 rings (SSSR count). The standard InChI is InChI=1S/C20H21ClN6O4S/c1-29-12-8-27(9-12)10-14-17(30-2)16(11-4-5-22-15(21)6-11)13(7-23-14)18(28)24-19-25-26-20(31-3)32-19/h4-7,12H,8-10H2,1-3H3,(H,24,25,28). The highest BCUT2D eigenvalue weighted by Gasteiger charge is 2.29. The molecule has 32 heavy (non-hydrogen) atoms. The van der Waals surface area contributed by atoms with Gasteiger partial charge in [-0.15, -0.1) is 5.10 Å². The number of rotatable bonds is 8. The van der Waals surface area contributed by atoms with E-state index in [0.29, 0.717) is 50.2 Å². The maximum Gasteiger partial charge on any atom is 0.295 e. The molecule has 4 heterocycles. The molecule has 10 nitrogen and oxygen atoms in total. The van der Waals surface area contributed by atoms with Crippen molar-refractivity contribution in [2.24, 2.45) is 0 Å². The highest BCUT2D eigenvalue weighted by atomic mass is 35.5. The fourth-order valence-electron chi connectivity index (χ4n) is 3.40. The van der Waals surface area contributed by atoms with Crippen molar-refractivity contribution in [3.8, 4) is 22.1 Å². The largest absolute Gasteiger partial charge is 0.494 e. The molecule has 0 bridgehead atoms. The van der Waals surface area contributed by atoms with Crippen molar-refractivity contribution in [2.45, 2.75) is 12.6 Å². The summed E-state index contributed by atoms with van der Waals surface area (Å²) in [5, 5.41) is 11.4. The lowest BCUT2D eigenvalue weighted by atomic mass is 9.99. The van der Waals surface area contributed by atoms with Gasteiger partial charge in [0, 0.05) is 44.7 Å². The van der Waals surface area contributed by atoms with Crippen LogP contribution in [0.5, 0.6) is 10.9 Å². The molecule has 0 radical (unpaired) electrons. The second kappa shape index (κ2) is 9.74. The highest BCUT2D eigenvalue weighted by molar-refractivity contribution is 7.17. The van der Waals surface area contributed by atoms with E-state index in [0.717, 1.165) is 24.4 Å². The van der Waals surface area contributed by atoms with E-state index in [9.17, 15) is 4.79 Å². The molecule has 1 saturated heterocycles.